The number of hydrogen-bond acceptors (Lipinski definition) is 6. The van der Waals surface area contributed by atoms with E-state index in [9.17, 15) is 0 Å². The summed E-state index contributed by atoms with van der Waals surface area (Å²) in [6.45, 7) is 5.36. The Labute approximate surface area is 215 Å². The number of rotatable bonds is 8. The molecular weight excluding hydrogens is 460 g/mol. The van der Waals surface area contributed by atoms with E-state index in [-0.39, 0.29) is 5.41 Å². The Balaban J connectivity index is 1.45. The summed E-state index contributed by atoms with van der Waals surface area (Å²) in [5, 5.41) is 0. The molecule has 2 heterocycles. The van der Waals surface area contributed by atoms with Gasteiger partial charge in [0.05, 0.1) is 0 Å². The van der Waals surface area contributed by atoms with Crippen LogP contribution >= 0.6 is 25.3 Å². The molecule has 6 heteroatoms. The molecule has 0 saturated heterocycles. The van der Waals surface area contributed by atoms with Gasteiger partial charge in [0.25, 0.3) is 0 Å². The van der Waals surface area contributed by atoms with Gasteiger partial charge in [0.1, 0.15) is 25.0 Å². The van der Waals surface area contributed by atoms with Gasteiger partial charge in [-0.05, 0) is 72.6 Å². The lowest BCUT2D eigenvalue weighted by Gasteiger charge is -2.40. The normalized spacial score (nSPS) is 20.2. The van der Waals surface area contributed by atoms with Gasteiger partial charge in [-0.1, -0.05) is 31.4 Å². The van der Waals surface area contributed by atoms with Crippen LogP contribution < -0.4 is 9.47 Å². The maximum absolute atomic E-state index is 6.11. The van der Waals surface area contributed by atoms with E-state index in [1.165, 1.54) is 54.4 Å². The first-order valence-corrected chi connectivity index (χ1v) is 14.2. The van der Waals surface area contributed by atoms with Gasteiger partial charge in [-0.3, -0.25) is 9.80 Å². The predicted molar refractivity (Wildman–Crippen MR) is 145 cm³/mol. The molecule has 2 aliphatic heterocycles. The van der Waals surface area contributed by atoms with Gasteiger partial charge < -0.3 is 9.47 Å². The molecule has 0 amide bonds. The van der Waals surface area contributed by atoms with Crippen molar-refractivity contribution in [3.63, 3.8) is 0 Å². The molecule has 4 nitrogen and oxygen atoms in total. The van der Waals surface area contributed by atoms with Crippen molar-refractivity contribution in [1.82, 2.24) is 9.80 Å². The molecular formula is C28H38N2O2S2. The summed E-state index contributed by atoms with van der Waals surface area (Å²) in [6.07, 6.45) is 8.49. The second kappa shape index (κ2) is 11.2. The summed E-state index contributed by atoms with van der Waals surface area (Å²) in [4.78, 5) is 4.79. The molecule has 1 fully saturated rings. The van der Waals surface area contributed by atoms with Gasteiger partial charge in [-0.2, -0.15) is 25.3 Å². The van der Waals surface area contributed by atoms with Crippen LogP contribution in [0, 0.1) is 0 Å². The van der Waals surface area contributed by atoms with Crippen LogP contribution in [0.15, 0.2) is 36.4 Å². The molecule has 1 saturated carbocycles. The van der Waals surface area contributed by atoms with Crippen molar-refractivity contribution < 1.29 is 9.47 Å². The molecule has 0 aromatic heterocycles. The molecule has 0 bridgehead atoms. The van der Waals surface area contributed by atoms with Crippen LogP contribution in [0.3, 0.4) is 0 Å². The maximum atomic E-state index is 6.11. The molecule has 0 unspecified atom stereocenters. The Bertz CT molecular complexity index is 905. The summed E-state index contributed by atoms with van der Waals surface area (Å²) in [5.74, 6) is 3.94. The van der Waals surface area contributed by atoms with Gasteiger partial charge in [0.15, 0.2) is 0 Å². The summed E-state index contributed by atoms with van der Waals surface area (Å²) in [5.41, 5.74) is 5.63. The number of nitrogens with zero attached hydrogens (tertiary/aromatic N) is 2. The Hall–Kier alpha value is -1.34. The Morgan fingerprint density at radius 2 is 1.21 bits per heavy atom. The summed E-state index contributed by atoms with van der Waals surface area (Å²) in [7, 11) is 0. The molecule has 5 rings (SSSR count). The van der Waals surface area contributed by atoms with Crippen molar-refractivity contribution in [3.05, 3.63) is 58.7 Å². The van der Waals surface area contributed by atoms with Crippen LogP contribution in [0.5, 0.6) is 11.5 Å². The first kappa shape index (κ1) is 24.4. The van der Waals surface area contributed by atoms with E-state index in [2.05, 4.69) is 71.5 Å². The Kier molecular flexibility index (Phi) is 7.99. The minimum atomic E-state index is 0.0725. The van der Waals surface area contributed by atoms with Crippen LogP contribution in [-0.4, -0.2) is 47.9 Å². The van der Waals surface area contributed by atoms with Gasteiger partial charge in [0.2, 0.25) is 0 Å². The lowest BCUT2D eigenvalue weighted by atomic mass is 9.65. The molecule has 3 aliphatic rings. The zero-order chi connectivity index (χ0) is 23.4. The number of fused-ring (bicyclic) bond motifs is 2. The van der Waals surface area contributed by atoms with E-state index < -0.39 is 0 Å². The Morgan fingerprint density at radius 3 is 1.68 bits per heavy atom. The smallest absolute Gasteiger partial charge is 0.142 e. The number of thiol groups is 2. The van der Waals surface area contributed by atoms with E-state index in [0.29, 0.717) is 13.5 Å². The van der Waals surface area contributed by atoms with E-state index in [1.807, 2.05) is 0 Å². The fourth-order valence-electron chi connectivity index (χ4n) is 5.95. The number of ether oxygens (including phenoxy) is 2. The number of hydrogen-bond donors (Lipinski definition) is 2. The second-order valence-corrected chi connectivity index (χ2v) is 11.0. The molecule has 0 radical (unpaired) electrons. The molecule has 2 aromatic carbocycles. The first-order valence-electron chi connectivity index (χ1n) is 12.9. The van der Waals surface area contributed by atoms with Gasteiger partial charge in [0, 0.05) is 42.7 Å². The molecule has 0 atom stereocenters. The van der Waals surface area contributed by atoms with Crippen molar-refractivity contribution in [1.29, 1.82) is 0 Å². The van der Waals surface area contributed by atoms with Gasteiger partial charge in [-0.15, -0.1) is 0 Å². The third-order valence-corrected chi connectivity index (χ3v) is 8.42. The zero-order valence-corrected chi connectivity index (χ0v) is 22.0. The number of benzene rings is 2. The first-order chi connectivity index (χ1) is 16.7. The minimum absolute atomic E-state index is 0.0725. The van der Waals surface area contributed by atoms with Crippen LogP contribution in [0.2, 0.25) is 0 Å². The average Bonchev–Trinajstić information content (AvgIpc) is 2.90. The third-order valence-electron chi connectivity index (χ3n) is 7.79. The van der Waals surface area contributed by atoms with Crippen molar-refractivity contribution in [2.24, 2.45) is 0 Å². The van der Waals surface area contributed by atoms with Crippen LogP contribution in [0.1, 0.15) is 67.2 Å². The topological polar surface area (TPSA) is 24.9 Å². The highest BCUT2D eigenvalue weighted by Crippen LogP contribution is 2.47. The van der Waals surface area contributed by atoms with Crippen molar-refractivity contribution >= 4 is 25.3 Å². The molecule has 0 spiro atoms. The maximum Gasteiger partial charge on any atom is 0.142 e. The van der Waals surface area contributed by atoms with Crippen molar-refractivity contribution in [2.45, 2.75) is 63.5 Å². The van der Waals surface area contributed by atoms with Gasteiger partial charge >= 0.3 is 0 Å². The molecule has 34 heavy (non-hydrogen) atoms. The quantitative estimate of drug-likeness (QED) is 0.444. The highest BCUT2D eigenvalue weighted by atomic mass is 32.1. The van der Waals surface area contributed by atoms with Crippen molar-refractivity contribution in [3.8, 4) is 11.5 Å². The highest BCUT2D eigenvalue weighted by molar-refractivity contribution is 7.80. The summed E-state index contributed by atoms with van der Waals surface area (Å²) >= 11 is 8.77. The Morgan fingerprint density at radius 1 is 0.706 bits per heavy atom. The lowest BCUT2D eigenvalue weighted by Crippen LogP contribution is -2.35. The van der Waals surface area contributed by atoms with E-state index in [0.717, 1.165) is 62.0 Å². The zero-order valence-electron chi connectivity index (χ0n) is 20.2. The second-order valence-electron chi connectivity index (χ2n) is 10.1. The summed E-state index contributed by atoms with van der Waals surface area (Å²) in [6, 6.07) is 14.0. The SMILES string of the molecule is SCCCN1COc2ccc(C3(c4ccc5c(c4)CN(CCCS)CO5)CCCCC3)cc2C1. The van der Waals surface area contributed by atoms with Crippen molar-refractivity contribution in [2.75, 3.05) is 38.1 Å². The average molecular weight is 499 g/mol. The lowest BCUT2D eigenvalue weighted by molar-refractivity contribution is 0.0954. The predicted octanol–water partition coefficient (Wildman–Crippen LogP) is 5.88. The fourth-order valence-corrected chi connectivity index (χ4v) is 6.24. The van der Waals surface area contributed by atoms with Crippen LogP contribution in [0.25, 0.3) is 0 Å². The largest absolute Gasteiger partial charge is 0.478 e. The van der Waals surface area contributed by atoms with E-state index in [4.69, 9.17) is 9.47 Å². The monoisotopic (exact) mass is 498 g/mol. The molecule has 0 N–H and O–H groups in total. The van der Waals surface area contributed by atoms with Crippen LogP contribution in [-0.2, 0) is 18.5 Å². The molecule has 2 aromatic rings. The fraction of sp³-hybridized carbons (Fsp3) is 0.571. The van der Waals surface area contributed by atoms with Crippen LogP contribution in [0.4, 0.5) is 0 Å². The third kappa shape index (κ3) is 5.11. The van der Waals surface area contributed by atoms with Gasteiger partial charge in [-0.25, -0.2) is 0 Å². The molecule has 1 aliphatic carbocycles. The molecule has 184 valence electrons. The van der Waals surface area contributed by atoms with E-state index in [1.54, 1.807) is 0 Å². The summed E-state index contributed by atoms with van der Waals surface area (Å²) < 4.78 is 12.2. The minimum Gasteiger partial charge on any atom is -0.478 e. The highest BCUT2D eigenvalue weighted by Gasteiger charge is 2.37. The standard InChI is InChI=1S/C28H38N2O2S2/c33-14-4-12-29-18-22-16-24(6-8-26(22)31-20-29)28(10-2-1-3-11-28)25-7-9-27-23(17-25)19-30(21-32-27)13-5-15-34/h6-9,16-17,33-34H,1-5,10-15,18-21H2. The van der Waals surface area contributed by atoms with E-state index >= 15 is 0 Å².